The molecule has 3 heteroatoms. The average molecular weight is 398 g/mol. The summed E-state index contributed by atoms with van der Waals surface area (Å²) in [6.07, 6.45) is 7.85. The summed E-state index contributed by atoms with van der Waals surface area (Å²) in [7, 11) is 1.99. The van der Waals surface area contributed by atoms with E-state index in [1.807, 2.05) is 17.7 Å². The van der Waals surface area contributed by atoms with Gasteiger partial charge in [0, 0.05) is 0 Å². The summed E-state index contributed by atoms with van der Waals surface area (Å²) < 4.78 is 7.71. The third kappa shape index (κ3) is 5.15. The summed E-state index contributed by atoms with van der Waals surface area (Å²) >= 11 is -2.44. The van der Waals surface area contributed by atoms with Crippen molar-refractivity contribution in [2.75, 3.05) is 0 Å². The summed E-state index contributed by atoms with van der Waals surface area (Å²) in [5, 5.41) is 0. The van der Waals surface area contributed by atoms with Gasteiger partial charge in [0.05, 0.1) is 0 Å². The molecule has 0 atom stereocenters. The molecule has 0 amide bonds. The normalized spacial score (nSPS) is 11.8. The van der Waals surface area contributed by atoms with Crippen LogP contribution >= 0.6 is 0 Å². The Morgan fingerprint density at radius 2 is 1.38 bits per heavy atom. The molecule has 0 unspecified atom stereocenters. The first-order valence-corrected chi connectivity index (χ1v) is 16.3. The van der Waals surface area contributed by atoms with Gasteiger partial charge in [0.1, 0.15) is 0 Å². The summed E-state index contributed by atoms with van der Waals surface area (Å²) in [5.74, 6) is 0. The second-order valence-electron chi connectivity index (χ2n) is 6.40. The van der Waals surface area contributed by atoms with Crippen LogP contribution in [0.25, 0.3) is 0 Å². The third-order valence-corrected chi connectivity index (χ3v) is 20.5. The summed E-state index contributed by atoms with van der Waals surface area (Å²) in [6.45, 7) is 6.88. The van der Waals surface area contributed by atoms with Crippen LogP contribution in [0.3, 0.4) is 0 Å². The average Bonchev–Trinajstić information content (AvgIpc) is 2.50. The molecule has 1 rings (SSSR count). The standard InChI is InChI=1S/C6H6NO.3C4H9.Sn/c1-7-5-3-2-4-6(7)8;3*1-3-4-2;/h2-4H,1H3;3*1,3-4H2,2H3;. The van der Waals surface area contributed by atoms with Crippen molar-refractivity contribution in [1.82, 2.24) is 4.57 Å². The molecule has 1 aromatic rings. The topological polar surface area (TPSA) is 22.0 Å². The zero-order valence-corrected chi connectivity index (χ0v) is 17.3. The second-order valence-corrected chi connectivity index (χ2v) is 19.5. The Labute approximate surface area is 134 Å². The van der Waals surface area contributed by atoms with E-state index in [9.17, 15) is 4.79 Å². The van der Waals surface area contributed by atoms with E-state index in [0.29, 0.717) is 0 Å². The molecular formula is C18H33NOSn. The third-order valence-electron chi connectivity index (χ3n) is 4.75. The Bertz CT molecular complexity index is 445. The molecule has 0 bridgehead atoms. The first-order chi connectivity index (χ1) is 10.1. The van der Waals surface area contributed by atoms with E-state index in [0.717, 1.165) is 0 Å². The monoisotopic (exact) mass is 399 g/mol. The van der Waals surface area contributed by atoms with Crippen molar-refractivity contribution in [3.8, 4) is 0 Å². The van der Waals surface area contributed by atoms with Crippen molar-refractivity contribution < 1.29 is 0 Å². The van der Waals surface area contributed by atoms with E-state index in [-0.39, 0.29) is 5.56 Å². The quantitative estimate of drug-likeness (QED) is 0.535. The fourth-order valence-electron chi connectivity index (χ4n) is 3.40. The van der Waals surface area contributed by atoms with Gasteiger partial charge in [-0.25, -0.2) is 0 Å². The van der Waals surface area contributed by atoms with E-state index in [4.69, 9.17) is 0 Å². The van der Waals surface area contributed by atoms with Crippen molar-refractivity contribution in [2.45, 2.75) is 72.6 Å². The van der Waals surface area contributed by atoms with E-state index < -0.39 is 18.4 Å². The summed E-state index contributed by atoms with van der Waals surface area (Å²) in [6, 6.07) is 5.98. The van der Waals surface area contributed by atoms with Crippen molar-refractivity contribution >= 4 is 22.1 Å². The number of aromatic nitrogens is 1. The van der Waals surface area contributed by atoms with Crippen LogP contribution in [-0.4, -0.2) is 22.9 Å². The zero-order valence-electron chi connectivity index (χ0n) is 14.5. The molecule has 0 aliphatic rings. The summed E-state index contributed by atoms with van der Waals surface area (Å²) in [5.41, 5.74) is 0.179. The van der Waals surface area contributed by atoms with E-state index in [1.54, 1.807) is 6.07 Å². The van der Waals surface area contributed by atoms with Gasteiger partial charge in [0.25, 0.3) is 0 Å². The molecule has 2 nitrogen and oxygen atoms in total. The fraction of sp³-hybridized carbons (Fsp3) is 0.722. The fourth-order valence-corrected chi connectivity index (χ4v) is 20.2. The molecule has 0 saturated heterocycles. The maximum atomic E-state index is 12.1. The van der Waals surface area contributed by atoms with Gasteiger partial charge in [-0.15, -0.1) is 0 Å². The second kappa shape index (κ2) is 9.70. The molecule has 21 heavy (non-hydrogen) atoms. The van der Waals surface area contributed by atoms with Gasteiger partial charge in [-0.3, -0.25) is 0 Å². The minimum absolute atomic E-state index is 0.179. The molecule has 0 radical (unpaired) electrons. The first-order valence-electron chi connectivity index (χ1n) is 8.77. The maximum absolute atomic E-state index is 12.1. The van der Waals surface area contributed by atoms with Crippen molar-refractivity contribution in [2.24, 2.45) is 7.05 Å². The van der Waals surface area contributed by atoms with E-state index in [2.05, 4.69) is 26.8 Å². The molecule has 1 heterocycles. The molecule has 0 fully saturated rings. The van der Waals surface area contributed by atoms with Crippen LogP contribution in [0.5, 0.6) is 0 Å². The molecule has 0 saturated carbocycles. The molecule has 1 aromatic heterocycles. The van der Waals surface area contributed by atoms with Crippen LogP contribution in [0.1, 0.15) is 59.3 Å². The van der Waals surface area contributed by atoms with Gasteiger partial charge in [0.2, 0.25) is 0 Å². The Kier molecular flexibility index (Phi) is 8.68. The molecule has 0 aliphatic carbocycles. The number of hydrogen-bond donors (Lipinski definition) is 0. The van der Waals surface area contributed by atoms with Gasteiger partial charge in [-0.1, -0.05) is 0 Å². The Hall–Kier alpha value is -0.251. The van der Waals surface area contributed by atoms with Crippen LogP contribution < -0.4 is 9.27 Å². The van der Waals surface area contributed by atoms with Crippen LogP contribution in [0.15, 0.2) is 23.0 Å². The number of pyridine rings is 1. The Morgan fingerprint density at radius 1 is 0.905 bits per heavy atom. The van der Waals surface area contributed by atoms with Gasteiger partial charge < -0.3 is 0 Å². The number of unbranched alkanes of at least 4 members (excludes halogenated alkanes) is 3. The minimum atomic E-state index is -2.44. The van der Waals surface area contributed by atoms with Crippen LogP contribution in [-0.2, 0) is 7.05 Å². The Morgan fingerprint density at radius 3 is 1.81 bits per heavy atom. The molecular weight excluding hydrogens is 365 g/mol. The molecule has 0 aromatic carbocycles. The van der Waals surface area contributed by atoms with Crippen LogP contribution in [0, 0.1) is 0 Å². The van der Waals surface area contributed by atoms with Crippen molar-refractivity contribution in [3.05, 3.63) is 28.6 Å². The SMILES string of the molecule is CCC[CH2][Sn]([CH2]CCC)([CH2]CCC)[c]1cccc(=O)n1C. The molecule has 0 spiro atoms. The molecule has 0 N–H and O–H groups in total. The van der Waals surface area contributed by atoms with Gasteiger partial charge >= 0.3 is 135 Å². The van der Waals surface area contributed by atoms with Crippen molar-refractivity contribution in [1.29, 1.82) is 0 Å². The van der Waals surface area contributed by atoms with Gasteiger partial charge in [0.15, 0.2) is 0 Å². The van der Waals surface area contributed by atoms with E-state index >= 15 is 0 Å². The first kappa shape index (κ1) is 18.8. The van der Waals surface area contributed by atoms with Crippen LogP contribution in [0.2, 0.25) is 13.3 Å². The van der Waals surface area contributed by atoms with E-state index in [1.165, 1.54) is 55.5 Å². The van der Waals surface area contributed by atoms with Gasteiger partial charge in [-0.05, 0) is 0 Å². The Balaban J connectivity index is 3.22. The van der Waals surface area contributed by atoms with Crippen LogP contribution in [0.4, 0.5) is 0 Å². The molecule has 120 valence electrons. The summed E-state index contributed by atoms with van der Waals surface area (Å²) in [4.78, 5) is 12.1. The van der Waals surface area contributed by atoms with Gasteiger partial charge in [-0.2, -0.15) is 0 Å². The number of rotatable bonds is 10. The van der Waals surface area contributed by atoms with Crippen molar-refractivity contribution in [3.63, 3.8) is 0 Å². The number of nitrogens with zero attached hydrogens (tertiary/aromatic N) is 1. The number of hydrogen-bond acceptors (Lipinski definition) is 1. The molecule has 0 aliphatic heterocycles. The predicted octanol–water partition coefficient (Wildman–Crippen LogP) is 4.44. The predicted molar refractivity (Wildman–Crippen MR) is 96.2 cm³/mol. The zero-order chi connectivity index (χ0) is 15.7.